The van der Waals surface area contributed by atoms with Crippen molar-refractivity contribution in [2.75, 3.05) is 6.54 Å². The van der Waals surface area contributed by atoms with E-state index in [1.807, 2.05) is 13.8 Å². The van der Waals surface area contributed by atoms with Crippen molar-refractivity contribution < 1.29 is 9.90 Å². The number of aromatic amines is 1. The minimum absolute atomic E-state index is 0.159. The monoisotopic (exact) mass is 252 g/mol. The van der Waals surface area contributed by atoms with Crippen LogP contribution in [0.25, 0.3) is 0 Å². The largest absolute Gasteiger partial charge is 0.388 e. The smallest absolute Gasteiger partial charge is 0.291 e. The second-order valence-electron chi connectivity index (χ2n) is 4.93. The zero-order valence-corrected chi connectivity index (χ0v) is 10.9. The van der Waals surface area contributed by atoms with Crippen molar-refractivity contribution in [1.29, 1.82) is 0 Å². The van der Waals surface area contributed by atoms with Gasteiger partial charge in [0.2, 0.25) is 5.82 Å². The molecule has 0 atom stereocenters. The molecule has 1 aliphatic carbocycles. The van der Waals surface area contributed by atoms with Gasteiger partial charge in [0.25, 0.3) is 5.91 Å². The summed E-state index contributed by atoms with van der Waals surface area (Å²) < 4.78 is 0. The molecule has 1 heterocycles. The number of hydrogen-bond donors (Lipinski definition) is 3. The highest BCUT2D eigenvalue weighted by Gasteiger charge is 2.29. The van der Waals surface area contributed by atoms with Gasteiger partial charge in [-0.3, -0.25) is 9.89 Å². The van der Waals surface area contributed by atoms with Crippen LogP contribution in [0.5, 0.6) is 0 Å². The lowest BCUT2D eigenvalue weighted by Crippen LogP contribution is -2.42. The Bertz CT molecular complexity index is 421. The number of nitrogens with one attached hydrogen (secondary N) is 2. The molecule has 1 saturated carbocycles. The maximum atomic E-state index is 11.8. The summed E-state index contributed by atoms with van der Waals surface area (Å²) in [5, 5.41) is 19.4. The van der Waals surface area contributed by atoms with Crippen LogP contribution in [-0.4, -0.2) is 38.3 Å². The van der Waals surface area contributed by atoms with Crippen LogP contribution in [0.4, 0.5) is 0 Å². The van der Waals surface area contributed by atoms with Gasteiger partial charge in [-0.15, -0.1) is 5.10 Å². The molecule has 1 aliphatic rings. The first-order valence-corrected chi connectivity index (χ1v) is 6.51. The standard InChI is InChI=1S/C12H20N4O2/c1-3-12(18,4-2)7-13-11(17)10-14-9(15-16-10)8-5-6-8/h8,18H,3-7H2,1-2H3,(H,13,17)(H,14,15,16). The zero-order chi connectivity index (χ0) is 13.2. The van der Waals surface area contributed by atoms with Gasteiger partial charge in [0.15, 0.2) is 0 Å². The molecule has 0 bridgehead atoms. The Balaban J connectivity index is 1.90. The predicted octanol–water partition coefficient (Wildman–Crippen LogP) is 0.963. The number of amides is 1. The lowest BCUT2D eigenvalue weighted by molar-refractivity contribution is 0.0312. The van der Waals surface area contributed by atoms with Crippen LogP contribution in [0.2, 0.25) is 0 Å². The molecule has 0 unspecified atom stereocenters. The van der Waals surface area contributed by atoms with E-state index in [2.05, 4.69) is 20.5 Å². The fraction of sp³-hybridized carbons (Fsp3) is 0.750. The van der Waals surface area contributed by atoms with Crippen molar-refractivity contribution >= 4 is 5.91 Å². The van der Waals surface area contributed by atoms with E-state index < -0.39 is 5.60 Å². The molecular formula is C12H20N4O2. The van der Waals surface area contributed by atoms with E-state index in [1.54, 1.807) is 0 Å². The highest BCUT2D eigenvalue weighted by molar-refractivity contribution is 5.90. The van der Waals surface area contributed by atoms with E-state index in [0.29, 0.717) is 18.8 Å². The third-order valence-corrected chi connectivity index (χ3v) is 3.56. The second kappa shape index (κ2) is 5.06. The molecule has 0 saturated heterocycles. The zero-order valence-electron chi connectivity index (χ0n) is 10.9. The molecule has 18 heavy (non-hydrogen) atoms. The lowest BCUT2D eigenvalue weighted by Gasteiger charge is -2.24. The van der Waals surface area contributed by atoms with Crippen LogP contribution < -0.4 is 5.32 Å². The van der Waals surface area contributed by atoms with Crippen LogP contribution in [0.1, 0.15) is 61.9 Å². The van der Waals surface area contributed by atoms with Crippen molar-refractivity contribution in [3.8, 4) is 0 Å². The van der Waals surface area contributed by atoms with Gasteiger partial charge in [-0.05, 0) is 25.7 Å². The number of hydrogen-bond acceptors (Lipinski definition) is 4. The molecule has 3 N–H and O–H groups in total. The molecule has 0 aliphatic heterocycles. The van der Waals surface area contributed by atoms with Crippen LogP contribution >= 0.6 is 0 Å². The number of H-pyrrole nitrogens is 1. The minimum Gasteiger partial charge on any atom is -0.388 e. The number of aliphatic hydroxyl groups is 1. The van der Waals surface area contributed by atoms with E-state index >= 15 is 0 Å². The van der Waals surface area contributed by atoms with Crippen molar-refractivity contribution in [2.24, 2.45) is 0 Å². The Morgan fingerprint density at radius 2 is 2.17 bits per heavy atom. The maximum absolute atomic E-state index is 11.8. The number of carbonyl (C=O) groups excluding carboxylic acids is 1. The molecule has 0 spiro atoms. The van der Waals surface area contributed by atoms with Gasteiger partial charge in [0.1, 0.15) is 5.82 Å². The van der Waals surface area contributed by atoms with Crippen molar-refractivity contribution in [1.82, 2.24) is 20.5 Å². The summed E-state index contributed by atoms with van der Waals surface area (Å²) in [4.78, 5) is 16.0. The van der Waals surface area contributed by atoms with Gasteiger partial charge in [-0.25, -0.2) is 4.98 Å². The average Bonchev–Trinajstić information content (AvgIpc) is 3.13. The van der Waals surface area contributed by atoms with E-state index in [4.69, 9.17) is 0 Å². The first-order valence-electron chi connectivity index (χ1n) is 6.51. The van der Waals surface area contributed by atoms with E-state index in [9.17, 15) is 9.90 Å². The first-order chi connectivity index (χ1) is 8.58. The summed E-state index contributed by atoms with van der Waals surface area (Å²) in [6.07, 6.45) is 3.43. The Morgan fingerprint density at radius 1 is 1.50 bits per heavy atom. The maximum Gasteiger partial charge on any atom is 0.291 e. The van der Waals surface area contributed by atoms with E-state index in [1.165, 1.54) is 0 Å². The van der Waals surface area contributed by atoms with Crippen molar-refractivity contribution in [3.05, 3.63) is 11.6 Å². The summed E-state index contributed by atoms with van der Waals surface area (Å²) in [7, 11) is 0. The number of nitrogens with zero attached hydrogens (tertiary/aromatic N) is 2. The van der Waals surface area contributed by atoms with Gasteiger partial charge in [0, 0.05) is 12.5 Å². The molecule has 1 amide bonds. The van der Waals surface area contributed by atoms with E-state index in [-0.39, 0.29) is 18.3 Å². The van der Waals surface area contributed by atoms with Crippen molar-refractivity contribution in [2.45, 2.75) is 51.0 Å². The summed E-state index contributed by atoms with van der Waals surface area (Å²) >= 11 is 0. The molecule has 6 heteroatoms. The summed E-state index contributed by atoms with van der Waals surface area (Å²) in [5.74, 6) is 1.06. The molecule has 100 valence electrons. The summed E-state index contributed by atoms with van der Waals surface area (Å²) in [5.41, 5.74) is -0.842. The molecule has 0 aromatic carbocycles. The second-order valence-corrected chi connectivity index (χ2v) is 4.93. The van der Waals surface area contributed by atoms with Gasteiger partial charge in [-0.1, -0.05) is 13.8 Å². The van der Waals surface area contributed by atoms with Gasteiger partial charge >= 0.3 is 0 Å². The molecular weight excluding hydrogens is 232 g/mol. The van der Waals surface area contributed by atoms with Gasteiger partial charge < -0.3 is 10.4 Å². The first kappa shape index (κ1) is 13.0. The summed E-state index contributed by atoms with van der Waals surface area (Å²) in [6.45, 7) is 4.02. The highest BCUT2D eigenvalue weighted by atomic mass is 16.3. The molecule has 1 aromatic heterocycles. The Kier molecular flexibility index (Phi) is 3.65. The van der Waals surface area contributed by atoms with Crippen LogP contribution in [0.3, 0.4) is 0 Å². The number of rotatable bonds is 6. The molecule has 1 aromatic rings. The Morgan fingerprint density at radius 3 is 2.72 bits per heavy atom. The molecule has 2 rings (SSSR count). The topological polar surface area (TPSA) is 90.9 Å². The average molecular weight is 252 g/mol. The van der Waals surface area contributed by atoms with Crippen LogP contribution in [0, 0.1) is 0 Å². The van der Waals surface area contributed by atoms with Crippen LogP contribution in [0.15, 0.2) is 0 Å². The Labute approximate surface area is 106 Å². The number of carbonyl (C=O) groups is 1. The molecule has 1 fully saturated rings. The Hall–Kier alpha value is -1.43. The minimum atomic E-state index is -0.842. The lowest BCUT2D eigenvalue weighted by atomic mass is 9.98. The summed E-state index contributed by atoms with van der Waals surface area (Å²) in [6, 6.07) is 0. The van der Waals surface area contributed by atoms with E-state index in [0.717, 1.165) is 18.7 Å². The normalized spacial score (nSPS) is 15.7. The van der Waals surface area contributed by atoms with Gasteiger partial charge in [-0.2, -0.15) is 0 Å². The quantitative estimate of drug-likeness (QED) is 0.703. The third-order valence-electron chi connectivity index (χ3n) is 3.56. The SMILES string of the molecule is CCC(O)(CC)CNC(=O)c1n[nH]c(C2CC2)n1. The van der Waals surface area contributed by atoms with Gasteiger partial charge in [0.05, 0.1) is 5.60 Å². The fourth-order valence-electron chi connectivity index (χ4n) is 1.74. The fourth-order valence-corrected chi connectivity index (χ4v) is 1.74. The van der Waals surface area contributed by atoms with Crippen molar-refractivity contribution in [3.63, 3.8) is 0 Å². The number of aromatic nitrogens is 3. The van der Waals surface area contributed by atoms with Crippen LogP contribution in [-0.2, 0) is 0 Å². The molecule has 6 nitrogen and oxygen atoms in total. The third kappa shape index (κ3) is 2.87. The molecule has 0 radical (unpaired) electrons. The predicted molar refractivity (Wildman–Crippen MR) is 66.2 cm³/mol. The highest BCUT2D eigenvalue weighted by Crippen LogP contribution is 2.37.